The molecule has 4 heterocycles. The van der Waals surface area contributed by atoms with Gasteiger partial charge in [-0.1, -0.05) is 31.5 Å². The predicted molar refractivity (Wildman–Crippen MR) is 125 cm³/mol. The molecule has 1 aliphatic heterocycles. The Labute approximate surface area is 189 Å². The van der Waals surface area contributed by atoms with Gasteiger partial charge in [0.1, 0.15) is 0 Å². The Kier molecular flexibility index (Phi) is 5.06. The summed E-state index contributed by atoms with van der Waals surface area (Å²) in [6, 6.07) is 9.78. The molecular formula is C22H23ClN6OS. The molecule has 0 radical (unpaired) electrons. The normalized spacial score (nSPS) is 17.3. The van der Waals surface area contributed by atoms with E-state index in [4.69, 9.17) is 16.6 Å². The van der Waals surface area contributed by atoms with Crippen molar-refractivity contribution in [3.05, 3.63) is 40.7 Å². The van der Waals surface area contributed by atoms with Gasteiger partial charge in [0.15, 0.2) is 11.5 Å². The van der Waals surface area contributed by atoms with Crippen molar-refractivity contribution in [2.45, 2.75) is 26.8 Å². The number of amides is 1. The molecule has 3 aromatic heterocycles. The van der Waals surface area contributed by atoms with Gasteiger partial charge in [0.05, 0.1) is 10.4 Å². The summed E-state index contributed by atoms with van der Waals surface area (Å²) in [7, 11) is 0. The van der Waals surface area contributed by atoms with Crippen LogP contribution in [0.4, 0.5) is 5.95 Å². The fraction of sp³-hybridized carbons (Fsp3) is 0.364. The maximum absolute atomic E-state index is 12.6. The Morgan fingerprint density at radius 1 is 1.23 bits per heavy atom. The molecule has 9 heteroatoms. The minimum absolute atomic E-state index is 0.00933. The number of hydrogen-bond donors (Lipinski definition) is 0. The minimum atomic E-state index is -0.00933. The highest BCUT2D eigenvalue weighted by Gasteiger charge is 2.31. The Bertz CT molecular complexity index is 1270. The van der Waals surface area contributed by atoms with E-state index in [1.807, 2.05) is 58.9 Å². The number of aromatic nitrogens is 4. The molecule has 0 spiro atoms. The molecule has 31 heavy (non-hydrogen) atoms. The Morgan fingerprint density at radius 2 is 2.06 bits per heavy atom. The smallest absolute Gasteiger partial charge is 0.225 e. The van der Waals surface area contributed by atoms with Crippen LogP contribution in [0.5, 0.6) is 0 Å². The predicted octanol–water partition coefficient (Wildman–Crippen LogP) is 4.35. The average molecular weight is 455 g/mol. The lowest BCUT2D eigenvalue weighted by atomic mass is 10.1. The van der Waals surface area contributed by atoms with Crippen LogP contribution < -0.4 is 4.90 Å². The number of halogens is 1. The summed E-state index contributed by atoms with van der Waals surface area (Å²) in [5, 5.41) is 12.6. The highest BCUT2D eigenvalue weighted by atomic mass is 35.5. The van der Waals surface area contributed by atoms with Gasteiger partial charge in [-0.3, -0.25) is 4.79 Å². The average Bonchev–Trinajstić information content (AvgIpc) is 3.42. The molecule has 0 unspecified atom stereocenters. The lowest BCUT2D eigenvalue weighted by molar-refractivity contribution is -0.136. The molecule has 1 amide bonds. The lowest BCUT2D eigenvalue weighted by Gasteiger charge is -2.41. The zero-order valence-electron chi connectivity index (χ0n) is 17.6. The van der Waals surface area contributed by atoms with E-state index in [-0.39, 0.29) is 17.9 Å². The van der Waals surface area contributed by atoms with E-state index < -0.39 is 0 Å². The number of nitrogens with zero attached hydrogens (tertiary/aromatic N) is 6. The number of fused-ring (bicyclic) bond motifs is 3. The summed E-state index contributed by atoms with van der Waals surface area (Å²) in [5.74, 6) is 1.74. The second-order valence-electron chi connectivity index (χ2n) is 8.21. The van der Waals surface area contributed by atoms with E-state index in [0.29, 0.717) is 24.7 Å². The largest absolute Gasteiger partial charge is 0.338 e. The molecule has 0 saturated carbocycles. The molecule has 7 nitrogen and oxygen atoms in total. The molecule has 1 aromatic carbocycles. The van der Waals surface area contributed by atoms with Gasteiger partial charge < -0.3 is 9.80 Å². The van der Waals surface area contributed by atoms with E-state index in [1.54, 1.807) is 11.3 Å². The van der Waals surface area contributed by atoms with Gasteiger partial charge in [0.2, 0.25) is 11.9 Å². The lowest BCUT2D eigenvalue weighted by Crippen LogP contribution is -2.55. The molecular weight excluding hydrogens is 432 g/mol. The van der Waals surface area contributed by atoms with Gasteiger partial charge in [-0.05, 0) is 36.6 Å². The Hall–Kier alpha value is -2.71. The van der Waals surface area contributed by atoms with Crippen molar-refractivity contribution in [2.75, 3.05) is 24.5 Å². The SMILES string of the molecule is CC(C)C(=O)N1CCN(c2nc3cc(Cl)ccc3c3nnc(-c4cccs4)n23)C[C@H]1C. The molecule has 1 aliphatic rings. The zero-order valence-corrected chi connectivity index (χ0v) is 19.2. The van der Waals surface area contributed by atoms with Gasteiger partial charge in [-0.15, -0.1) is 21.5 Å². The molecule has 5 rings (SSSR count). The number of carbonyl (C=O) groups is 1. The number of anilines is 1. The first-order chi connectivity index (χ1) is 14.9. The van der Waals surface area contributed by atoms with Crippen molar-refractivity contribution >= 4 is 51.3 Å². The molecule has 1 fully saturated rings. The number of rotatable bonds is 3. The molecule has 1 atom stereocenters. The van der Waals surface area contributed by atoms with Gasteiger partial charge in [-0.25, -0.2) is 9.38 Å². The van der Waals surface area contributed by atoms with E-state index >= 15 is 0 Å². The van der Waals surface area contributed by atoms with Crippen LogP contribution in [0.1, 0.15) is 20.8 Å². The van der Waals surface area contributed by atoms with Crippen molar-refractivity contribution in [3.8, 4) is 10.7 Å². The van der Waals surface area contributed by atoms with Crippen molar-refractivity contribution in [3.63, 3.8) is 0 Å². The Morgan fingerprint density at radius 3 is 2.77 bits per heavy atom. The van der Waals surface area contributed by atoms with Crippen molar-refractivity contribution in [1.82, 2.24) is 24.5 Å². The summed E-state index contributed by atoms with van der Waals surface area (Å²) in [5.41, 5.74) is 1.54. The van der Waals surface area contributed by atoms with Crippen LogP contribution >= 0.6 is 22.9 Å². The number of piperazine rings is 1. The molecule has 160 valence electrons. The van der Waals surface area contributed by atoms with Crippen LogP contribution in [-0.4, -0.2) is 56.1 Å². The van der Waals surface area contributed by atoms with Gasteiger partial charge in [-0.2, -0.15) is 0 Å². The first-order valence-corrected chi connectivity index (χ1v) is 11.6. The number of hydrogen-bond acceptors (Lipinski definition) is 6. The van der Waals surface area contributed by atoms with Crippen LogP contribution in [0.25, 0.3) is 27.3 Å². The van der Waals surface area contributed by atoms with Crippen LogP contribution in [0.3, 0.4) is 0 Å². The maximum Gasteiger partial charge on any atom is 0.225 e. The van der Waals surface area contributed by atoms with Crippen molar-refractivity contribution < 1.29 is 4.79 Å². The molecule has 4 aromatic rings. The van der Waals surface area contributed by atoms with Crippen molar-refractivity contribution in [2.24, 2.45) is 5.92 Å². The van der Waals surface area contributed by atoms with Crippen LogP contribution in [-0.2, 0) is 4.79 Å². The molecule has 0 aliphatic carbocycles. The number of thiophene rings is 1. The topological polar surface area (TPSA) is 66.6 Å². The molecule has 1 saturated heterocycles. The third kappa shape index (κ3) is 3.43. The summed E-state index contributed by atoms with van der Waals surface area (Å²) >= 11 is 7.89. The van der Waals surface area contributed by atoms with Gasteiger partial charge in [0.25, 0.3) is 0 Å². The van der Waals surface area contributed by atoms with Gasteiger partial charge in [0, 0.05) is 42.0 Å². The van der Waals surface area contributed by atoms with E-state index in [0.717, 1.165) is 33.2 Å². The number of carbonyl (C=O) groups excluding carboxylic acids is 1. The number of benzene rings is 1. The quantitative estimate of drug-likeness (QED) is 0.460. The monoisotopic (exact) mass is 454 g/mol. The molecule has 0 N–H and O–H groups in total. The summed E-state index contributed by atoms with van der Waals surface area (Å²) in [6.45, 7) is 8.03. The third-order valence-corrected chi connectivity index (χ3v) is 6.81. The van der Waals surface area contributed by atoms with E-state index in [1.165, 1.54) is 0 Å². The fourth-order valence-electron chi connectivity index (χ4n) is 4.17. The minimum Gasteiger partial charge on any atom is -0.338 e. The first-order valence-electron chi connectivity index (χ1n) is 10.4. The van der Waals surface area contributed by atoms with E-state index in [9.17, 15) is 4.79 Å². The second-order valence-corrected chi connectivity index (χ2v) is 9.60. The van der Waals surface area contributed by atoms with Crippen LogP contribution in [0, 0.1) is 5.92 Å². The standard InChI is InChI=1S/C22H23ClN6OS/c1-13(2)21(30)28-9-8-27(12-14(28)3)22-24-17-11-15(23)6-7-16(17)19-25-26-20(29(19)22)18-5-4-10-31-18/h4-7,10-11,13-14H,8-9,12H2,1-3H3/t14-/m1/s1. The zero-order chi connectivity index (χ0) is 21.7. The summed E-state index contributed by atoms with van der Waals surface area (Å²) in [4.78, 5) is 22.8. The summed E-state index contributed by atoms with van der Waals surface area (Å²) in [6.07, 6.45) is 0. The van der Waals surface area contributed by atoms with Crippen molar-refractivity contribution in [1.29, 1.82) is 0 Å². The molecule has 0 bridgehead atoms. The second kappa shape index (κ2) is 7.76. The van der Waals surface area contributed by atoms with Gasteiger partial charge >= 0.3 is 0 Å². The van der Waals surface area contributed by atoms with Crippen LogP contribution in [0.15, 0.2) is 35.7 Å². The Balaban J connectivity index is 1.65. The third-order valence-electron chi connectivity index (χ3n) is 5.71. The highest BCUT2D eigenvalue weighted by molar-refractivity contribution is 7.13. The fourth-order valence-corrected chi connectivity index (χ4v) is 5.03. The summed E-state index contributed by atoms with van der Waals surface area (Å²) < 4.78 is 2.04. The first kappa shape index (κ1) is 20.2. The maximum atomic E-state index is 12.6. The van der Waals surface area contributed by atoms with Crippen LogP contribution in [0.2, 0.25) is 5.02 Å². The van der Waals surface area contributed by atoms with E-state index in [2.05, 4.69) is 22.0 Å². The highest BCUT2D eigenvalue weighted by Crippen LogP contribution is 2.32.